The quantitative estimate of drug-likeness (QED) is 0.164. The molecule has 7 rings (SSSR count). The molecule has 290 valence electrons. The predicted molar refractivity (Wildman–Crippen MR) is 202 cm³/mol. The summed E-state index contributed by atoms with van der Waals surface area (Å²) in [5.41, 5.74) is 1.58. The second-order valence-electron chi connectivity index (χ2n) is 15.7. The Hall–Kier alpha value is -4.12. The van der Waals surface area contributed by atoms with Crippen molar-refractivity contribution in [1.82, 2.24) is 4.90 Å². The molecule has 10 heteroatoms. The number of halogens is 2. The largest absolute Gasteiger partial charge is 0.493 e. The lowest BCUT2D eigenvalue weighted by atomic mass is 9.64. The minimum atomic E-state index is -1.35. The molecular weight excluding hydrogens is 692 g/mol. The number of aliphatic hydroxyl groups is 2. The van der Waals surface area contributed by atoms with Gasteiger partial charge in [-0.05, 0) is 124 Å². The van der Waals surface area contributed by atoms with Crippen LogP contribution in [0.4, 0.5) is 8.78 Å². The van der Waals surface area contributed by atoms with Gasteiger partial charge in [-0.3, -0.25) is 9.59 Å². The Kier molecular flexibility index (Phi) is 12.2. The number of ether oxygens (including phenoxy) is 3. The molecule has 5 atom stereocenters. The van der Waals surface area contributed by atoms with Crippen molar-refractivity contribution in [1.29, 1.82) is 0 Å². The number of carbonyl (C=O) groups is 2. The summed E-state index contributed by atoms with van der Waals surface area (Å²) < 4.78 is 45.3. The fourth-order valence-corrected chi connectivity index (χ4v) is 8.87. The van der Waals surface area contributed by atoms with Crippen LogP contribution in [0, 0.1) is 17.0 Å². The monoisotopic (exact) mass is 745 g/mol. The van der Waals surface area contributed by atoms with Crippen LogP contribution in [0.3, 0.4) is 0 Å². The first kappa shape index (κ1) is 39.6. The van der Waals surface area contributed by atoms with E-state index in [4.69, 9.17) is 14.2 Å². The highest BCUT2D eigenvalue weighted by atomic mass is 19.2. The molecule has 1 amide bonds. The minimum absolute atomic E-state index is 0.0194. The number of rotatable bonds is 10. The van der Waals surface area contributed by atoms with Crippen molar-refractivity contribution in [3.05, 3.63) is 106 Å². The van der Waals surface area contributed by atoms with Crippen molar-refractivity contribution in [2.45, 2.75) is 102 Å². The third kappa shape index (κ3) is 8.41. The SMILES string of the molecule is COc1ccc(CC(=O)N(CC2CCCO2)CC2(O)CCC3c4ccc(cc4C(=O)c4ccc(F)c(F)c4)CC(O)CCC(C)=CCCC32C)cc1OC. The van der Waals surface area contributed by atoms with Crippen LogP contribution in [-0.2, 0) is 22.4 Å². The smallest absolute Gasteiger partial charge is 0.227 e. The normalized spacial score (nSPS) is 25.8. The Morgan fingerprint density at radius 1 is 0.963 bits per heavy atom. The van der Waals surface area contributed by atoms with Gasteiger partial charge in [0.15, 0.2) is 28.9 Å². The van der Waals surface area contributed by atoms with Gasteiger partial charge < -0.3 is 29.3 Å². The predicted octanol–water partition coefficient (Wildman–Crippen LogP) is 7.50. The maximum atomic E-state index is 14.4. The van der Waals surface area contributed by atoms with E-state index < -0.39 is 34.5 Å². The Morgan fingerprint density at radius 3 is 2.48 bits per heavy atom. The van der Waals surface area contributed by atoms with E-state index in [1.54, 1.807) is 37.3 Å². The van der Waals surface area contributed by atoms with Gasteiger partial charge in [0.1, 0.15) is 0 Å². The number of benzene rings is 3. The van der Waals surface area contributed by atoms with Crippen LogP contribution in [-0.4, -0.2) is 78.5 Å². The lowest BCUT2D eigenvalue weighted by molar-refractivity contribution is -0.141. The molecule has 8 nitrogen and oxygen atoms in total. The van der Waals surface area contributed by atoms with Gasteiger partial charge >= 0.3 is 0 Å². The highest BCUT2D eigenvalue weighted by molar-refractivity contribution is 6.10. The Bertz CT molecular complexity index is 1870. The Morgan fingerprint density at radius 2 is 1.76 bits per heavy atom. The zero-order chi connectivity index (χ0) is 38.6. The summed E-state index contributed by atoms with van der Waals surface area (Å²) in [5, 5.41) is 24.0. The van der Waals surface area contributed by atoms with Crippen LogP contribution in [0.15, 0.2) is 66.2 Å². The van der Waals surface area contributed by atoms with E-state index in [9.17, 15) is 28.6 Å². The Labute approximate surface area is 317 Å². The van der Waals surface area contributed by atoms with E-state index >= 15 is 0 Å². The lowest BCUT2D eigenvalue weighted by Crippen LogP contribution is -2.55. The molecule has 2 bridgehead atoms. The van der Waals surface area contributed by atoms with E-state index in [0.29, 0.717) is 80.7 Å². The van der Waals surface area contributed by atoms with E-state index in [1.165, 1.54) is 6.07 Å². The molecule has 3 aliphatic carbocycles. The second-order valence-corrected chi connectivity index (χ2v) is 15.7. The average molecular weight is 746 g/mol. The summed E-state index contributed by atoms with van der Waals surface area (Å²) in [4.78, 5) is 30.3. The van der Waals surface area contributed by atoms with Gasteiger partial charge in [-0.15, -0.1) is 0 Å². The van der Waals surface area contributed by atoms with Crippen LogP contribution < -0.4 is 9.47 Å². The number of hydrogen-bond donors (Lipinski definition) is 2. The van der Waals surface area contributed by atoms with Gasteiger partial charge in [0.2, 0.25) is 5.91 Å². The van der Waals surface area contributed by atoms with Crippen molar-refractivity contribution in [3.63, 3.8) is 0 Å². The molecule has 2 fully saturated rings. The molecule has 1 saturated carbocycles. The van der Waals surface area contributed by atoms with E-state index in [2.05, 4.69) is 19.9 Å². The van der Waals surface area contributed by atoms with E-state index in [0.717, 1.165) is 41.7 Å². The third-order valence-corrected chi connectivity index (χ3v) is 12.2. The molecule has 54 heavy (non-hydrogen) atoms. The molecule has 0 aromatic heterocycles. The van der Waals surface area contributed by atoms with Gasteiger partial charge in [0.25, 0.3) is 0 Å². The maximum absolute atomic E-state index is 14.4. The first-order valence-corrected chi connectivity index (χ1v) is 19.1. The molecule has 0 radical (unpaired) electrons. The standard InChI is InChI=1S/C44H53F2NO7/c1-28-7-5-18-43(2)36(34-14-10-29(21-32(48)13-9-28)22-35(34)42(50)31-12-15-37(45)38(46)25-31)17-19-44(43,51)27-47(26-33-8-6-20-54-33)41(49)24-30-11-16-39(52-3)40(23-30)53-4/h7,10-12,14-16,22-23,25,32-33,36,48,51H,5-6,8-9,13,17-21,24,26-27H2,1-4H3. The van der Waals surface area contributed by atoms with E-state index in [-0.39, 0.29) is 36.5 Å². The summed E-state index contributed by atoms with van der Waals surface area (Å²) in [6, 6.07) is 14.2. The summed E-state index contributed by atoms with van der Waals surface area (Å²) in [7, 11) is 3.11. The van der Waals surface area contributed by atoms with Crippen molar-refractivity contribution in [2.24, 2.45) is 5.41 Å². The highest BCUT2D eigenvalue weighted by Crippen LogP contribution is 2.59. The zero-order valence-corrected chi connectivity index (χ0v) is 31.8. The number of aliphatic hydroxyl groups excluding tert-OH is 1. The number of allylic oxidation sites excluding steroid dienone is 2. The average Bonchev–Trinajstić information content (AvgIpc) is 3.76. The molecule has 4 aliphatic rings. The van der Waals surface area contributed by atoms with Crippen LogP contribution >= 0.6 is 0 Å². The summed E-state index contributed by atoms with van der Waals surface area (Å²) in [6.45, 7) is 5.16. The van der Waals surface area contributed by atoms with Gasteiger partial charge in [0.05, 0.1) is 45.0 Å². The fourth-order valence-electron chi connectivity index (χ4n) is 8.87. The number of fused-ring (bicyclic) bond motifs is 8. The first-order chi connectivity index (χ1) is 25.8. The number of hydrogen-bond acceptors (Lipinski definition) is 7. The van der Waals surface area contributed by atoms with Crippen LogP contribution in [0.1, 0.15) is 104 Å². The molecule has 1 aliphatic heterocycles. The van der Waals surface area contributed by atoms with Crippen molar-refractivity contribution in [3.8, 4) is 11.5 Å². The molecular formula is C44H53F2NO7. The molecule has 3 aromatic rings. The zero-order valence-electron chi connectivity index (χ0n) is 31.8. The third-order valence-electron chi connectivity index (χ3n) is 12.2. The Balaban J connectivity index is 1.39. The molecule has 1 heterocycles. The molecule has 5 unspecified atom stereocenters. The van der Waals surface area contributed by atoms with Crippen LogP contribution in [0.2, 0.25) is 0 Å². The van der Waals surface area contributed by atoms with Gasteiger partial charge in [-0.1, -0.05) is 36.8 Å². The van der Waals surface area contributed by atoms with Gasteiger partial charge in [-0.2, -0.15) is 0 Å². The number of nitrogens with zero attached hydrogens (tertiary/aromatic N) is 1. The van der Waals surface area contributed by atoms with Crippen molar-refractivity contribution >= 4 is 11.7 Å². The minimum Gasteiger partial charge on any atom is -0.493 e. The van der Waals surface area contributed by atoms with Gasteiger partial charge in [-0.25, -0.2) is 8.78 Å². The maximum Gasteiger partial charge on any atom is 0.227 e. The van der Waals surface area contributed by atoms with Crippen LogP contribution in [0.5, 0.6) is 11.5 Å². The number of methoxy groups -OCH3 is 2. The number of carbonyl (C=O) groups excluding carboxylic acids is 2. The van der Waals surface area contributed by atoms with E-state index in [1.807, 2.05) is 18.2 Å². The fraction of sp³-hybridized carbons (Fsp3) is 0.500. The lowest BCUT2D eigenvalue weighted by Gasteiger charge is -2.46. The summed E-state index contributed by atoms with van der Waals surface area (Å²) in [5.74, 6) is -1.97. The highest BCUT2D eigenvalue weighted by Gasteiger charge is 2.57. The molecule has 3 aromatic carbocycles. The first-order valence-electron chi connectivity index (χ1n) is 19.1. The second kappa shape index (κ2) is 16.7. The number of ketones is 1. The molecule has 0 spiro atoms. The van der Waals surface area contributed by atoms with Crippen LogP contribution in [0.25, 0.3) is 0 Å². The summed E-state index contributed by atoms with van der Waals surface area (Å²) >= 11 is 0. The van der Waals surface area contributed by atoms with Crippen molar-refractivity contribution < 1.29 is 42.8 Å². The topological polar surface area (TPSA) is 106 Å². The summed E-state index contributed by atoms with van der Waals surface area (Å²) in [6.07, 6.45) is 6.90. The van der Waals surface area contributed by atoms with Crippen molar-refractivity contribution in [2.75, 3.05) is 33.9 Å². The number of amides is 1. The molecule has 1 saturated heterocycles. The van der Waals surface area contributed by atoms with Gasteiger partial charge in [0, 0.05) is 29.7 Å². The molecule has 2 N–H and O–H groups in total.